The number of carbonyl (C=O) groups excluding carboxylic acids is 3. The van der Waals surface area contributed by atoms with E-state index in [-0.39, 0.29) is 37.5 Å². The number of allylic oxidation sites excluding steroid dienone is 16. The summed E-state index contributed by atoms with van der Waals surface area (Å²) >= 11 is 0. The molecule has 0 aromatic heterocycles. The second-order valence-electron chi connectivity index (χ2n) is 23.4. The van der Waals surface area contributed by atoms with Crippen molar-refractivity contribution in [3.05, 3.63) is 97.2 Å². The van der Waals surface area contributed by atoms with Gasteiger partial charge in [0.2, 0.25) is 0 Å². The molecule has 0 radical (unpaired) electrons. The lowest BCUT2D eigenvalue weighted by Gasteiger charge is -2.18. The van der Waals surface area contributed by atoms with Crippen LogP contribution in [0.5, 0.6) is 0 Å². The molecule has 82 heavy (non-hydrogen) atoms. The van der Waals surface area contributed by atoms with Crippen molar-refractivity contribution >= 4 is 17.9 Å². The molecule has 0 saturated heterocycles. The van der Waals surface area contributed by atoms with E-state index in [1.54, 1.807) is 0 Å². The molecule has 0 spiro atoms. The number of unbranched alkanes of at least 4 members (excludes halogenated alkanes) is 37. The maximum atomic E-state index is 12.9. The van der Waals surface area contributed by atoms with Gasteiger partial charge in [-0.05, 0) is 96.3 Å². The van der Waals surface area contributed by atoms with Crippen molar-refractivity contribution in [1.82, 2.24) is 0 Å². The highest BCUT2D eigenvalue weighted by Crippen LogP contribution is 2.17. The van der Waals surface area contributed by atoms with Crippen LogP contribution in [0.4, 0.5) is 0 Å². The summed E-state index contributed by atoms with van der Waals surface area (Å²) in [5, 5.41) is 0. The van der Waals surface area contributed by atoms with Crippen LogP contribution in [-0.4, -0.2) is 37.2 Å². The van der Waals surface area contributed by atoms with E-state index in [0.29, 0.717) is 19.3 Å². The van der Waals surface area contributed by atoms with Gasteiger partial charge in [-0.15, -0.1) is 0 Å². The largest absolute Gasteiger partial charge is 0.462 e. The molecule has 472 valence electrons. The first kappa shape index (κ1) is 78.3. The molecule has 0 amide bonds. The topological polar surface area (TPSA) is 78.9 Å². The van der Waals surface area contributed by atoms with E-state index >= 15 is 0 Å². The molecule has 0 fully saturated rings. The van der Waals surface area contributed by atoms with Crippen molar-refractivity contribution in [1.29, 1.82) is 0 Å². The van der Waals surface area contributed by atoms with Gasteiger partial charge in [0.05, 0.1) is 0 Å². The van der Waals surface area contributed by atoms with Gasteiger partial charge in [0, 0.05) is 19.3 Å². The first-order chi connectivity index (χ1) is 40.5. The Labute approximate surface area is 508 Å². The van der Waals surface area contributed by atoms with Crippen molar-refractivity contribution in [2.45, 2.75) is 354 Å². The quantitative estimate of drug-likeness (QED) is 0.0261. The molecule has 0 bridgehead atoms. The third-order valence-corrected chi connectivity index (χ3v) is 15.3. The Balaban J connectivity index is 4.12. The van der Waals surface area contributed by atoms with Crippen molar-refractivity contribution < 1.29 is 28.6 Å². The minimum Gasteiger partial charge on any atom is -0.462 e. The first-order valence-corrected chi connectivity index (χ1v) is 35.2. The summed E-state index contributed by atoms with van der Waals surface area (Å²) in [7, 11) is 0. The molecule has 1 atom stereocenters. The maximum absolute atomic E-state index is 12.9. The molecule has 0 saturated carbocycles. The molecule has 1 unspecified atom stereocenters. The number of carbonyl (C=O) groups is 3. The van der Waals surface area contributed by atoms with E-state index in [1.165, 1.54) is 212 Å². The lowest BCUT2D eigenvalue weighted by molar-refractivity contribution is -0.167. The number of rotatable bonds is 64. The zero-order chi connectivity index (χ0) is 59.2. The van der Waals surface area contributed by atoms with Crippen LogP contribution >= 0.6 is 0 Å². The summed E-state index contributed by atoms with van der Waals surface area (Å²) in [4.78, 5) is 38.2. The summed E-state index contributed by atoms with van der Waals surface area (Å²) in [5.41, 5.74) is 0. The highest BCUT2D eigenvalue weighted by molar-refractivity contribution is 5.71. The standard InChI is InChI=1S/C76H132O6/c1-4-7-10-13-16-19-21-23-25-27-29-31-33-34-35-36-37-38-39-40-41-42-44-45-47-49-51-53-55-57-60-63-66-69-75(78)81-72-73(71-80-74(77)68-65-62-59-18-15-12-9-6-3)82-76(79)70-67-64-61-58-56-54-52-50-48-46-43-32-30-28-26-24-22-20-17-14-11-8-5-2/h8,11,17,20,24,26-27,29-30,32,46,48,52,54,58,61,73H,4-7,9-10,12-16,18-19,21-23,25,28,31,33-45,47,49-51,53,55-57,59-60,62-72H2,1-3H3/b11-8-,20-17-,26-24-,29-27-,32-30-,48-46-,54-52-,61-58-. The molecule has 6 nitrogen and oxygen atoms in total. The van der Waals surface area contributed by atoms with Crippen LogP contribution in [-0.2, 0) is 28.6 Å². The molecule has 0 aliphatic heterocycles. The van der Waals surface area contributed by atoms with Gasteiger partial charge in [0.25, 0.3) is 0 Å². The van der Waals surface area contributed by atoms with Crippen LogP contribution in [0, 0.1) is 0 Å². The van der Waals surface area contributed by atoms with Crippen molar-refractivity contribution in [3.8, 4) is 0 Å². The van der Waals surface area contributed by atoms with Gasteiger partial charge < -0.3 is 14.2 Å². The Morgan fingerprint density at radius 3 is 0.793 bits per heavy atom. The Kier molecular flexibility index (Phi) is 66.7. The zero-order valence-electron chi connectivity index (χ0n) is 54.2. The van der Waals surface area contributed by atoms with Crippen molar-refractivity contribution in [3.63, 3.8) is 0 Å². The van der Waals surface area contributed by atoms with Gasteiger partial charge in [-0.25, -0.2) is 0 Å². The van der Waals surface area contributed by atoms with Crippen LogP contribution in [0.15, 0.2) is 97.2 Å². The van der Waals surface area contributed by atoms with Crippen LogP contribution in [0.25, 0.3) is 0 Å². The van der Waals surface area contributed by atoms with E-state index in [4.69, 9.17) is 14.2 Å². The fourth-order valence-electron chi connectivity index (χ4n) is 10.1. The van der Waals surface area contributed by atoms with Gasteiger partial charge in [0.15, 0.2) is 6.10 Å². The molecule has 0 aromatic rings. The van der Waals surface area contributed by atoms with Crippen LogP contribution < -0.4 is 0 Å². The monoisotopic (exact) mass is 1140 g/mol. The van der Waals surface area contributed by atoms with E-state index in [0.717, 1.165) is 89.9 Å². The summed E-state index contributed by atoms with van der Waals surface area (Å²) in [5.74, 6) is -0.950. The predicted molar refractivity (Wildman–Crippen MR) is 357 cm³/mol. The van der Waals surface area contributed by atoms with E-state index < -0.39 is 6.10 Å². The second-order valence-corrected chi connectivity index (χ2v) is 23.4. The Morgan fingerprint density at radius 2 is 0.488 bits per heavy atom. The van der Waals surface area contributed by atoms with Gasteiger partial charge in [-0.1, -0.05) is 330 Å². The first-order valence-electron chi connectivity index (χ1n) is 35.2. The van der Waals surface area contributed by atoms with E-state index in [2.05, 4.69) is 118 Å². The normalized spacial score (nSPS) is 12.7. The average Bonchev–Trinajstić information content (AvgIpc) is 3.47. The average molecular weight is 1140 g/mol. The molecule has 0 aliphatic rings. The molecule has 0 aromatic carbocycles. The fraction of sp³-hybridized carbons (Fsp3) is 0.750. The molecule has 0 heterocycles. The fourth-order valence-corrected chi connectivity index (χ4v) is 10.1. The third-order valence-electron chi connectivity index (χ3n) is 15.3. The number of esters is 3. The predicted octanol–water partition coefficient (Wildman–Crippen LogP) is 24.4. The number of ether oxygens (including phenoxy) is 3. The third kappa shape index (κ3) is 67.1. The summed E-state index contributed by atoms with van der Waals surface area (Å²) in [6.07, 6.45) is 94.8. The van der Waals surface area contributed by atoms with E-state index in [1.807, 2.05) is 0 Å². The molecule has 0 N–H and O–H groups in total. The zero-order valence-corrected chi connectivity index (χ0v) is 54.2. The summed E-state index contributed by atoms with van der Waals surface area (Å²) in [6, 6.07) is 0. The highest BCUT2D eigenvalue weighted by Gasteiger charge is 2.19. The maximum Gasteiger partial charge on any atom is 0.306 e. The van der Waals surface area contributed by atoms with Crippen molar-refractivity contribution in [2.75, 3.05) is 13.2 Å². The Hall–Kier alpha value is -3.67. The van der Waals surface area contributed by atoms with Crippen LogP contribution in [0.2, 0.25) is 0 Å². The Morgan fingerprint density at radius 1 is 0.256 bits per heavy atom. The molecular weight excluding hydrogens is 1010 g/mol. The second kappa shape index (κ2) is 69.8. The minimum absolute atomic E-state index is 0.0974. The lowest BCUT2D eigenvalue weighted by Crippen LogP contribution is -2.30. The summed E-state index contributed by atoms with van der Waals surface area (Å²) < 4.78 is 16.8. The summed E-state index contributed by atoms with van der Waals surface area (Å²) in [6.45, 7) is 6.48. The van der Waals surface area contributed by atoms with Crippen LogP contribution in [0.3, 0.4) is 0 Å². The molecular formula is C76H132O6. The van der Waals surface area contributed by atoms with Gasteiger partial charge in [-0.2, -0.15) is 0 Å². The Bertz CT molecular complexity index is 1590. The highest BCUT2D eigenvalue weighted by atomic mass is 16.6. The molecule has 6 heteroatoms. The molecule has 0 aliphatic carbocycles. The minimum atomic E-state index is -0.806. The smallest absolute Gasteiger partial charge is 0.306 e. The number of hydrogen-bond acceptors (Lipinski definition) is 6. The van der Waals surface area contributed by atoms with E-state index in [9.17, 15) is 14.4 Å². The van der Waals surface area contributed by atoms with Crippen LogP contribution in [0.1, 0.15) is 348 Å². The number of hydrogen-bond donors (Lipinski definition) is 0. The SMILES string of the molecule is CC/C=C\C/C=C\C/C=C\C/C=C\C/C=C\C/C=C\C/C=C\CCCC(=O)OC(COC(=O)CCCCCCCCCC)COC(=O)CCCCCCCCCCCCCCCCCCCCCCC/C=C\CCCCCCCCCC. The molecule has 0 rings (SSSR count). The van der Waals surface area contributed by atoms with Gasteiger partial charge >= 0.3 is 17.9 Å². The van der Waals surface area contributed by atoms with Gasteiger partial charge in [-0.3, -0.25) is 14.4 Å². The lowest BCUT2D eigenvalue weighted by atomic mass is 10.0. The van der Waals surface area contributed by atoms with Gasteiger partial charge in [0.1, 0.15) is 13.2 Å². The van der Waals surface area contributed by atoms with Crippen molar-refractivity contribution in [2.24, 2.45) is 0 Å².